The average Bonchev–Trinajstić information content (AvgIpc) is 3.06. The number of imidazole rings is 1. The zero-order valence-electron chi connectivity index (χ0n) is 14.5. The van der Waals surface area contributed by atoms with E-state index in [1.807, 2.05) is 62.7 Å². The molecule has 0 saturated carbocycles. The fourth-order valence-electron chi connectivity index (χ4n) is 2.17. The number of nitrogens with one attached hydrogen (secondary N) is 2. The highest BCUT2D eigenvalue weighted by Gasteiger charge is 2.21. The highest BCUT2D eigenvalue weighted by atomic mass is 16.2. The van der Waals surface area contributed by atoms with Crippen molar-refractivity contribution >= 4 is 11.8 Å². The van der Waals surface area contributed by atoms with Crippen LogP contribution in [0.2, 0.25) is 0 Å². The Hall–Kier alpha value is -2.63. The smallest absolute Gasteiger partial charge is 0.239 e. The fourth-order valence-corrected chi connectivity index (χ4v) is 2.17. The zero-order valence-corrected chi connectivity index (χ0v) is 14.5. The molecule has 24 heavy (non-hydrogen) atoms. The number of carbonyl (C=O) groups is 2. The van der Waals surface area contributed by atoms with Gasteiger partial charge < -0.3 is 15.2 Å². The summed E-state index contributed by atoms with van der Waals surface area (Å²) in [6.07, 6.45) is 5.31. The predicted octanol–water partition coefficient (Wildman–Crippen LogP) is 2.21. The van der Waals surface area contributed by atoms with Crippen LogP contribution in [0.15, 0.2) is 43.0 Å². The lowest BCUT2D eigenvalue weighted by molar-refractivity contribution is -0.131. The molecule has 0 unspecified atom stereocenters. The molecule has 0 saturated heterocycles. The molecule has 0 radical (unpaired) electrons. The van der Waals surface area contributed by atoms with Crippen molar-refractivity contribution in [1.82, 2.24) is 20.2 Å². The lowest BCUT2D eigenvalue weighted by atomic mass is 9.96. The molecule has 2 rings (SSSR count). The number of hydrogen-bond acceptors (Lipinski definition) is 3. The number of aromatic nitrogens is 2. The van der Waals surface area contributed by atoms with Crippen molar-refractivity contribution in [3.63, 3.8) is 0 Å². The van der Waals surface area contributed by atoms with Gasteiger partial charge in [0.25, 0.3) is 0 Å². The van der Waals surface area contributed by atoms with Crippen LogP contribution in [-0.4, -0.2) is 27.9 Å². The van der Waals surface area contributed by atoms with E-state index in [1.54, 1.807) is 12.5 Å². The summed E-state index contributed by atoms with van der Waals surface area (Å²) in [6, 6.07) is 7.71. The molecule has 0 aliphatic heterocycles. The molecule has 0 aliphatic carbocycles. The standard InChI is InChI=1S/C18H24N4O2/c1-13(21-16(23)11-20-17(24)18(2,3)4)14-6-5-7-15(10-14)22-9-8-19-12-22/h5-10,12-13H,11H2,1-4H3,(H,20,24)(H,21,23)/t13-/m0/s1. The van der Waals surface area contributed by atoms with E-state index in [0.717, 1.165) is 11.3 Å². The molecule has 6 nitrogen and oxygen atoms in total. The molecule has 1 aromatic carbocycles. The monoisotopic (exact) mass is 328 g/mol. The second-order valence-electron chi connectivity index (χ2n) is 6.79. The molecule has 2 amide bonds. The number of nitrogens with zero attached hydrogens (tertiary/aromatic N) is 2. The molecule has 2 N–H and O–H groups in total. The van der Waals surface area contributed by atoms with Crippen LogP contribution >= 0.6 is 0 Å². The number of benzene rings is 1. The van der Waals surface area contributed by atoms with Crippen LogP contribution in [0.4, 0.5) is 0 Å². The molecule has 2 aromatic rings. The first-order chi connectivity index (χ1) is 11.3. The van der Waals surface area contributed by atoms with Crippen LogP contribution in [0.3, 0.4) is 0 Å². The molecule has 6 heteroatoms. The van der Waals surface area contributed by atoms with Gasteiger partial charge in [-0.2, -0.15) is 0 Å². The minimum Gasteiger partial charge on any atom is -0.348 e. The maximum absolute atomic E-state index is 12.0. The van der Waals surface area contributed by atoms with Gasteiger partial charge in [0.15, 0.2) is 0 Å². The van der Waals surface area contributed by atoms with E-state index in [1.165, 1.54) is 0 Å². The number of carbonyl (C=O) groups excluding carboxylic acids is 2. The van der Waals surface area contributed by atoms with Crippen molar-refractivity contribution < 1.29 is 9.59 Å². The van der Waals surface area contributed by atoms with E-state index in [9.17, 15) is 9.59 Å². The molecule has 1 aromatic heterocycles. The Balaban J connectivity index is 1.95. The van der Waals surface area contributed by atoms with E-state index < -0.39 is 5.41 Å². The second-order valence-corrected chi connectivity index (χ2v) is 6.79. The molecule has 1 heterocycles. The lowest BCUT2D eigenvalue weighted by Crippen LogP contribution is -2.42. The van der Waals surface area contributed by atoms with Crippen molar-refractivity contribution in [2.24, 2.45) is 5.41 Å². The molecule has 128 valence electrons. The molecule has 1 atom stereocenters. The van der Waals surface area contributed by atoms with Crippen LogP contribution in [0.5, 0.6) is 0 Å². The summed E-state index contributed by atoms with van der Waals surface area (Å²) in [5.41, 5.74) is 1.45. The summed E-state index contributed by atoms with van der Waals surface area (Å²) in [6.45, 7) is 7.32. The number of rotatable bonds is 5. The maximum atomic E-state index is 12.0. The average molecular weight is 328 g/mol. The summed E-state index contributed by atoms with van der Waals surface area (Å²) < 4.78 is 1.90. The van der Waals surface area contributed by atoms with Gasteiger partial charge >= 0.3 is 0 Å². The first-order valence-corrected chi connectivity index (χ1v) is 7.93. The van der Waals surface area contributed by atoms with Gasteiger partial charge in [-0.05, 0) is 24.6 Å². The minimum absolute atomic E-state index is 0.0261. The van der Waals surface area contributed by atoms with E-state index in [4.69, 9.17) is 0 Å². The van der Waals surface area contributed by atoms with Gasteiger partial charge in [0.1, 0.15) is 0 Å². The lowest BCUT2D eigenvalue weighted by Gasteiger charge is -2.19. The Morgan fingerprint density at radius 3 is 2.67 bits per heavy atom. The molecular formula is C18H24N4O2. The van der Waals surface area contributed by atoms with Crippen molar-refractivity contribution in [1.29, 1.82) is 0 Å². The first-order valence-electron chi connectivity index (χ1n) is 7.93. The van der Waals surface area contributed by atoms with Crippen LogP contribution in [0, 0.1) is 5.41 Å². The SMILES string of the molecule is C[C@H](NC(=O)CNC(=O)C(C)(C)C)c1cccc(-n2ccnc2)c1. The molecule has 0 spiro atoms. The molecule has 0 bridgehead atoms. The van der Waals surface area contributed by atoms with Crippen molar-refractivity contribution in [3.05, 3.63) is 48.5 Å². The summed E-state index contributed by atoms with van der Waals surface area (Å²) >= 11 is 0. The normalized spacial score (nSPS) is 12.5. The third-order valence-electron chi connectivity index (χ3n) is 3.64. The molecule has 0 fully saturated rings. The van der Waals surface area contributed by atoms with E-state index in [0.29, 0.717) is 0 Å². The van der Waals surface area contributed by atoms with Gasteiger partial charge in [-0.25, -0.2) is 4.98 Å². The second kappa shape index (κ2) is 7.29. The van der Waals surface area contributed by atoms with Gasteiger partial charge in [0.05, 0.1) is 18.9 Å². The van der Waals surface area contributed by atoms with E-state index >= 15 is 0 Å². The van der Waals surface area contributed by atoms with E-state index in [2.05, 4.69) is 15.6 Å². The Labute approximate surface area is 142 Å². The zero-order chi connectivity index (χ0) is 17.7. The summed E-state index contributed by atoms with van der Waals surface area (Å²) in [5.74, 6) is -0.361. The maximum Gasteiger partial charge on any atom is 0.239 e. The van der Waals surface area contributed by atoms with Gasteiger partial charge in [-0.3, -0.25) is 9.59 Å². The third-order valence-corrected chi connectivity index (χ3v) is 3.64. The van der Waals surface area contributed by atoms with Crippen LogP contribution in [0.25, 0.3) is 5.69 Å². The largest absolute Gasteiger partial charge is 0.348 e. The van der Waals surface area contributed by atoms with Gasteiger partial charge in [0, 0.05) is 23.5 Å². The highest BCUT2D eigenvalue weighted by Crippen LogP contribution is 2.17. The number of hydrogen-bond donors (Lipinski definition) is 2. The number of amides is 2. The Morgan fingerprint density at radius 2 is 2.04 bits per heavy atom. The van der Waals surface area contributed by atoms with Crippen LogP contribution in [-0.2, 0) is 9.59 Å². The Kier molecular flexibility index (Phi) is 5.39. The minimum atomic E-state index is -0.509. The molecule has 0 aliphatic rings. The third kappa shape index (κ3) is 4.68. The van der Waals surface area contributed by atoms with Crippen LogP contribution in [0.1, 0.15) is 39.3 Å². The van der Waals surface area contributed by atoms with Crippen LogP contribution < -0.4 is 10.6 Å². The highest BCUT2D eigenvalue weighted by molar-refractivity contribution is 5.87. The topological polar surface area (TPSA) is 76.0 Å². The van der Waals surface area contributed by atoms with Crippen molar-refractivity contribution in [3.8, 4) is 5.69 Å². The summed E-state index contributed by atoms with van der Waals surface area (Å²) in [7, 11) is 0. The Bertz CT molecular complexity index is 702. The quantitative estimate of drug-likeness (QED) is 0.883. The predicted molar refractivity (Wildman–Crippen MR) is 92.6 cm³/mol. The summed E-state index contributed by atoms with van der Waals surface area (Å²) in [5, 5.41) is 5.55. The van der Waals surface area contributed by atoms with E-state index in [-0.39, 0.29) is 24.4 Å². The van der Waals surface area contributed by atoms with Gasteiger partial charge in [0.2, 0.25) is 11.8 Å². The van der Waals surface area contributed by atoms with Gasteiger partial charge in [-0.15, -0.1) is 0 Å². The first kappa shape index (κ1) is 17.7. The van der Waals surface area contributed by atoms with Crippen molar-refractivity contribution in [2.75, 3.05) is 6.54 Å². The molecular weight excluding hydrogens is 304 g/mol. The van der Waals surface area contributed by atoms with Crippen molar-refractivity contribution in [2.45, 2.75) is 33.7 Å². The Morgan fingerprint density at radius 1 is 1.29 bits per heavy atom. The van der Waals surface area contributed by atoms with Gasteiger partial charge in [-0.1, -0.05) is 32.9 Å². The summed E-state index contributed by atoms with van der Waals surface area (Å²) in [4.78, 5) is 27.9. The fraction of sp³-hybridized carbons (Fsp3) is 0.389.